The zero-order valence-corrected chi connectivity index (χ0v) is 14.7. The number of imidazole rings is 1. The van der Waals surface area contributed by atoms with E-state index in [1.54, 1.807) is 17.8 Å². The van der Waals surface area contributed by atoms with Gasteiger partial charge < -0.3 is 9.88 Å². The summed E-state index contributed by atoms with van der Waals surface area (Å²) in [6, 6.07) is -0.0752. The first-order valence-corrected chi connectivity index (χ1v) is 8.60. The molecule has 0 saturated carbocycles. The highest BCUT2D eigenvalue weighted by Gasteiger charge is 2.38. The molecule has 0 spiro atoms. The number of piperazine rings is 1. The second-order valence-electron chi connectivity index (χ2n) is 5.43. The topological polar surface area (TPSA) is 67.2 Å². The van der Waals surface area contributed by atoms with Gasteiger partial charge in [0.25, 0.3) is 0 Å². The predicted octanol–water partition coefficient (Wildman–Crippen LogP) is 1.59. The number of rotatable bonds is 3. The van der Waals surface area contributed by atoms with Crippen molar-refractivity contribution in [2.75, 3.05) is 19.6 Å². The number of sulfonamides is 1. The quantitative estimate of drug-likeness (QED) is 0.800. The summed E-state index contributed by atoms with van der Waals surface area (Å²) in [7, 11) is -2.66. The number of aromatic nitrogens is 2. The fourth-order valence-corrected chi connectivity index (χ4v) is 4.37. The summed E-state index contributed by atoms with van der Waals surface area (Å²) in [6.07, 6.45) is 3.18. The molecule has 2 aromatic rings. The van der Waals surface area contributed by atoms with Crippen molar-refractivity contribution in [1.29, 1.82) is 0 Å². The van der Waals surface area contributed by atoms with Gasteiger partial charge in [-0.25, -0.2) is 26.6 Å². The molecule has 2 heterocycles. The van der Waals surface area contributed by atoms with Crippen LogP contribution in [0.15, 0.2) is 29.4 Å². The summed E-state index contributed by atoms with van der Waals surface area (Å²) in [6.45, 7) is 0.680. The fourth-order valence-electron chi connectivity index (χ4n) is 2.72. The van der Waals surface area contributed by atoms with Crippen molar-refractivity contribution in [3.63, 3.8) is 0 Å². The van der Waals surface area contributed by atoms with Crippen LogP contribution in [0.3, 0.4) is 0 Å². The third kappa shape index (κ3) is 3.52. The molecule has 1 unspecified atom stereocenters. The van der Waals surface area contributed by atoms with Crippen molar-refractivity contribution >= 4 is 22.4 Å². The van der Waals surface area contributed by atoms with Crippen LogP contribution in [0.25, 0.3) is 0 Å². The Balaban J connectivity index is 0.00000225. The van der Waals surface area contributed by atoms with E-state index >= 15 is 0 Å². The Morgan fingerprint density at radius 3 is 2.52 bits per heavy atom. The molecule has 0 radical (unpaired) electrons. The number of benzene rings is 1. The summed E-state index contributed by atoms with van der Waals surface area (Å²) < 4.78 is 68.9. The van der Waals surface area contributed by atoms with Crippen LogP contribution in [0.5, 0.6) is 0 Å². The van der Waals surface area contributed by atoms with E-state index in [4.69, 9.17) is 0 Å². The van der Waals surface area contributed by atoms with E-state index in [2.05, 4.69) is 10.3 Å². The van der Waals surface area contributed by atoms with Crippen LogP contribution < -0.4 is 5.32 Å². The molecule has 6 nitrogen and oxygen atoms in total. The molecule has 138 valence electrons. The molecule has 3 rings (SSSR count). The van der Waals surface area contributed by atoms with Crippen molar-refractivity contribution < 1.29 is 21.6 Å². The Morgan fingerprint density at radius 1 is 1.20 bits per heavy atom. The van der Waals surface area contributed by atoms with E-state index in [0.29, 0.717) is 18.4 Å². The summed E-state index contributed by atoms with van der Waals surface area (Å²) >= 11 is 0. The third-order valence-corrected chi connectivity index (χ3v) is 5.84. The van der Waals surface area contributed by atoms with E-state index in [9.17, 15) is 21.6 Å². The van der Waals surface area contributed by atoms with E-state index in [-0.39, 0.29) is 31.6 Å². The molecule has 1 fully saturated rings. The first kappa shape index (κ1) is 19.7. The zero-order valence-electron chi connectivity index (χ0n) is 13.1. The van der Waals surface area contributed by atoms with Gasteiger partial charge in [-0.15, -0.1) is 12.4 Å². The highest BCUT2D eigenvalue weighted by Crippen LogP contribution is 2.30. The highest BCUT2D eigenvalue weighted by atomic mass is 35.5. The number of halogens is 4. The van der Waals surface area contributed by atoms with Gasteiger partial charge in [-0.2, -0.15) is 4.31 Å². The van der Waals surface area contributed by atoms with E-state index in [1.165, 1.54) is 6.20 Å². The molecular weight excluding hydrogens is 381 g/mol. The fraction of sp³-hybridized carbons (Fsp3) is 0.357. The second-order valence-corrected chi connectivity index (χ2v) is 7.29. The Bertz CT molecular complexity index is 875. The lowest BCUT2D eigenvalue weighted by atomic mass is 10.2. The predicted molar refractivity (Wildman–Crippen MR) is 86.3 cm³/mol. The van der Waals surface area contributed by atoms with Crippen LogP contribution in [0, 0.1) is 17.5 Å². The molecule has 1 aliphatic rings. The van der Waals surface area contributed by atoms with Gasteiger partial charge >= 0.3 is 0 Å². The molecule has 0 aliphatic carbocycles. The van der Waals surface area contributed by atoms with Crippen LogP contribution in [0.2, 0.25) is 0 Å². The molecule has 1 saturated heterocycles. The third-order valence-electron chi connectivity index (χ3n) is 3.91. The average Bonchev–Trinajstić information content (AvgIpc) is 2.96. The van der Waals surface area contributed by atoms with Crippen molar-refractivity contribution in [1.82, 2.24) is 19.2 Å². The molecule has 1 aliphatic heterocycles. The number of nitrogens with one attached hydrogen (secondary N) is 1. The number of aryl methyl sites for hydroxylation is 1. The Hall–Kier alpha value is -1.62. The van der Waals surface area contributed by atoms with E-state index in [0.717, 1.165) is 4.31 Å². The van der Waals surface area contributed by atoms with Gasteiger partial charge in [-0.05, 0) is 6.07 Å². The number of hydrogen-bond donors (Lipinski definition) is 1. The molecule has 25 heavy (non-hydrogen) atoms. The molecule has 0 amide bonds. The maximum atomic E-state index is 14.0. The van der Waals surface area contributed by atoms with Crippen LogP contribution in [-0.2, 0) is 17.1 Å². The summed E-state index contributed by atoms with van der Waals surface area (Å²) in [5.41, 5.74) is 0. The van der Waals surface area contributed by atoms with Crippen molar-refractivity contribution in [3.8, 4) is 0 Å². The lowest BCUT2D eigenvalue weighted by Crippen LogP contribution is -2.49. The lowest BCUT2D eigenvalue weighted by molar-refractivity contribution is 0.257. The number of hydrogen-bond acceptors (Lipinski definition) is 4. The minimum absolute atomic E-state index is 0. The summed E-state index contributed by atoms with van der Waals surface area (Å²) in [4.78, 5) is 3.25. The zero-order chi connectivity index (χ0) is 17.5. The van der Waals surface area contributed by atoms with Gasteiger partial charge in [0, 0.05) is 45.1 Å². The van der Waals surface area contributed by atoms with Crippen molar-refractivity contribution in [2.45, 2.75) is 10.9 Å². The van der Waals surface area contributed by atoms with Gasteiger partial charge in [0.05, 0.1) is 6.04 Å². The number of nitrogens with zero attached hydrogens (tertiary/aromatic N) is 3. The SMILES string of the molecule is Cl.Cn1ccnc1C1CNCCN1S(=O)(=O)c1cc(F)c(F)cc1F. The van der Waals surface area contributed by atoms with Gasteiger partial charge in [0.2, 0.25) is 10.0 Å². The second kappa shape index (κ2) is 7.32. The van der Waals surface area contributed by atoms with Crippen molar-refractivity contribution in [2.24, 2.45) is 7.05 Å². The maximum Gasteiger partial charge on any atom is 0.246 e. The summed E-state index contributed by atoms with van der Waals surface area (Å²) in [5, 5.41) is 3.05. The standard InChI is InChI=1S/C14H15F3N4O2S.ClH/c1-20-4-3-19-14(20)12-8-18-2-5-21(12)24(22,23)13-7-10(16)9(15)6-11(13)17;/h3-4,6-7,12,18H,2,5,8H2,1H3;1H. The average molecular weight is 397 g/mol. The Morgan fingerprint density at radius 2 is 1.88 bits per heavy atom. The molecule has 1 N–H and O–H groups in total. The van der Waals surface area contributed by atoms with E-state index in [1.807, 2.05) is 0 Å². The smallest absolute Gasteiger partial charge is 0.246 e. The van der Waals surface area contributed by atoms with Gasteiger partial charge in [-0.3, -0.25) is 0 Å². The van der Waals surface area contributed by atoms with Crippen LogP contribution in [0.1, 0.15) is 11.9 Å². The molecule has 1 atom stereocenters. The normalized spacial score (nSPS) is 18.8. The molecular formula is C14H16ClF3N4O2S. The highest BCUT2D eigenvalue weighted by molar-refractivity contribution is 7.89. The first-order valence-electron chi connectivity index (χ1n) is 7.16. The Labute approximate surface area is 149 Å². The van der Waals surface area contributed by atoms with Gasteiger partial charge in [0.15, 0.2) is 11.6 Å². The minimum atomic E-state index is -4.37. The van der Waals surface area contributed by atoms with Gasteiger partial charge in [0.1, 0.15) is 16.5 Å². The van der Waals surface area contributed by atoms with Crippen LogP contribution in [0.4, 0.5) is 13.2 Å². The first-order chi connectivity index (χ1) is 11.3. The molecule has 0 bridgehead atoms. The molecule has 1 aromatic heterocycles. The maximum absolute atomic E-state index is 14.0. The molecule has 1 aromatic carbocycles. The molecule has 11 heteroatoms. The van der Waals surface area contributed by atoms with Gasteiger partial charge in [-0.1, -0.05) is 0 Å². The van der Waals surface area contributed by atoms with Crippen LogP contribution >= 0.6 is 12.4 Å². The summed E-state index contributed by atoms with van der Waals surface area (Å²) in [5.74, 6) is -3.72. The minimum Gasteiger partial charge on any atom is -0.337 e. The van der Waals surface area contributed by atoms with E-state index < -0.39 is 38.4 Å². The largest absolute Gasteiger partial charge is 0.337 e. The Kier molecular flexibility index (Phi) is 5.77. The lowest BCUT2D eigenvalue weighted by Gasteiger charge is -2.34. The monoisotopic (exact) mass is 396 g/mol. The van der Waals surface area contributed by atoms with Crippen LogP contribution in [-0.4, -0.2) is 41.9 Å². The van der Waals surface area contributed by atoms with Crippen molar-refractivity contribution in [3.05, 3.63) is 47.8 Å².